The van der Waals surface area contributed by atoms with Gasteiger partial charge in [0.1, 0.15) is 5.82 Å². The molecule has 0 atom stereocenters. The zero-order valence-electron chi connectivity index (χ0n) is 17.3. The minimum atomic E-state index is -0.410. The molecule has 1 aromatic carbocycles. The molecule has 0 spiro atoms. The van der Waals surface area contributed by atoms with Gasteiger partial charge in [-0.2, -0.15) is 0 Å². The lowest BCUT2D eigenvalue weighted by molar-refractivity contribution is 0.101. The molecule has 0 aliphatic heterocycles. The molecule has 0 aliphatic rings. The number of hydrogen-bond acceptors (Lipinski definition) is 5. The van der Waals surface area contributed by atoms with Crippen molar-refractivity contribution in [1.29, 1.82) is 0 Å². The number of nitrogens with zero attached hydrogens (tertiary/aromatic N) is 4. The van der Waals surface area contributed by atoms with Crippen LogP contribution in [-0.2, 0) is 31.8 Å². The first-order valence-electron chi connectivity index (χ1n) is 9.67. The number of ether oxygens (including phenoxy) is 1. The van der Waals surface area contributed by atoms with Crippen LogP contribution in [0.4, 0.5) is 0 Å². The van der Waals surface area contributed by atoms with Crippen molar-refractivity contribution in [2.24, 2.45) is 14.1 Å². The molecule has 0 bridgehead atoms. The summed E-state index contributed by atoms with van der Waals surface area (Å²) in [6, 6.07) is 7.28. The minimum absolute atomic E-state index is 0.00209. The number of fused-ring (bicyclic) bond motifs is 1. The van der Waals surface area contributed by atoms with Crippen molar-refractivity contribution in [3.8, 4) is 0 Å². The number of carbonyl (C=O) groups excluding carboxylic acids is 1. The molecular weight excluding hydrogens is 372 g/mol. The van der Waals surface area contributed by atoms with Crippen molar-refractivity contribution >= 4 is 16.9 Å². The Bertz CT molecular complexity index is 1150. The van der Waals surface area contributed by atoms with Gasteiger partial charge in [-0.1, -0.05) is 31.2 Å². The molecule has 0 aliphatic carbocycles. The van der Waals surface area contributed by atoms with Crippen LogP contribution in [0.3, 0.4) is 0 Å². The predicted molar refractivity (Wildman–Crippen MR) is 111 cm³/mol. The van der Waals surface area contributed by atoms with E-state index in [9.17, 15) is 14.4 Å². The van der Waals surface area contributed by atoms with E-state index in [1.165, 1.54) is 18.5 Å². The number of imidazole rings is 1. The first-order valence-corrected chi connectivity index (χ1v) is 9.67. The van der Waals surface area contributed by atoms with E-state index in [0.29, 0.717) is 48.7 Å². The maximum absolute atomic E-state index is 12.9. The van der Waals surface area contributed by atoms with Crippen molar-refractivity contribution in [3.63, 3.8) is 0 Å². The molecule has 0 N–H and O–H groups in total. The molecule has 0 unspecified atom stereocenters. The summed E-state index contributed by atoms with van der Waals surface area (Å²) < 4.78 is 9.92. The van der Waals surface area contributed by atoms with Crippen molar-refractivity contribution < 1.29 is 9.53 Å². The Morgan fingerprint density at radius 1 is 1.07 bits per heavy atom. The van der Waals surface area contributed by atoms with Crippen LogP contribution in [0.25, 0.3) is 11.2 Å². The molecular formula is C21H26N4O4. The van der Waals surface area contributed by atoms with E-state index < -0.39 is 5.69 Å². The number of aryl methyl sites for hydroxylation is 1. The Balaban J connectivity index is 2.09. The monoisotopic (exact) mass is 398 g/mol. The first kappa shape index (κ1) is 20.7. The average molecular weight is 398 g/mol. The highest BCUT2D eigenvalue weighted by Crippen LogP contribution is 2.16. The second-order valence-electron chi connectivity index (χ2n) is 7.11. The zero-order chi connectivity index (χ0) is 21.1. The molecule has 0 radical (unpaired) electrons. The summed E-state index contributed by atoms with van der Waals surface area (Å²) in [5.74, 6) is 0.687. The van der Waals surface area contributed by atoms with Crippen LogP contribution in [0.2, 0.25) is 0 Å². The highest BCUT2D eigenvalue weighted by atomic mass is 16.5. The van der Waals surface area contributed by atoms with Crippen LogP contribution in [0.5, 0.6) is 0 Å². The smallest absolute Gasteiger partial charge is 0.332 e. The number of ketones is 1. The Morgan fingerprint density at radius 2 is 1.76 bits per heavy atom. The molecule has 2 aromatic heterocycles. The van der Waals surface area contributed by atoms with Crippen LogP contribution < -0.4 is 11.2 Å². The van der Waals surface area contributed by atoms with Gasteiger partial charge < -0.3 is 9.30 Å². The normalized spacial score (nSPS) is 11.3. The van der Waals surface area contributed by atoms with Crippen LogP contribution >= 0.6 is 0 Å². The third-order valence-electron chi connectivity index (χ3n) is 4.95. The third kappa shape index (κ3) is 4.07. The topological polar surface area (TPSA) is 88.1 Å². The number of benzene rings is 1. The van der Waals surface area contributed by atoms with E-state index in [1.807, 2.05) is 23.6 Å². The SMILES string of the molecule is CCCOCCc1nc2c(c(=O)n(C)c(=O)n2C)n1Cc1ccc(C(C)=O)cc1. The predicted octanol–water partition coefficient (Wildman–Crippen LogP) is 1.65. The van der Waals surface area contributed by atoms with Gasteiger partial charge in [0.05, 0.1) is 6.61 Å². The molecule has 154 valence electrons. The van der Waals surface area contributed by atoms with Crippen LogP contribution in [0, 0.1) is 0 Å². The highest BCUT2D eigenvalue weighted by Gasteiger charge is 2.19. The Labute approximate surface area is 168 Å². The van der Waals surface area contributed by atoms with E-state index in [-0.39, 0.29) is 11.3 Å². The van der Waals surface area contributed by atoms with Gasteiger partial charge in [-0.05, 0) is 18.9 Å². The standard InChI is InChI=1S/C21H26N4O4/c1-5-11-29-12-10-17-22-19-18(20(27)24(4)21(28)23(19)3)25(17)13-15-6-8-16(9-7-15)14(2)26/h6-9H,5,10-13H2,1-4H3. The van der Waals surface area contributed by atoms with Crippen molar-refractivity contribution in [2.45, 2.75) is 33.2 Å². The lowest BCUT2D eigenvalue weighted by Gasteiger charge is -2.10. The second-order valence-corrected chi connectivity index (χ2v) is 7.11. The third-order valence-corrected chi connectivity index (χ3v) is 4.95. The second kappa shape index (κ2) is 8.57. The van der Waals surface area contributed by atoms with Crippen LogP contribution in [-0.4, -0.2) is 37.7 Å². The van der Waals surface area contributed by atoms with Gasteiger partial charge in [0.15, 0.2) is 16.9 Å². The average Bonchev–Trinajstić information content (AvgIpc) is 3.07. The minimum Gasteiger partial charge on any atom is -0.381 e. The maximum Gasteiger partial charge on any atom is 0.332 e. The van der Waals surface area contributed by atoms with Crippen molar-refractivity contribution in [1.82, 2.24) is 18.7 Å². The fourth-order valence-electron chi connectivity index (χ4n) is 3.29. The fraction of sp³-hybridized carbons (Fsp3) is 0.429. The lowest BCUT2D eigenvalue weighted by atomic mass is 10.1. The summed E-state index contributed by atoms with van der Waals surface area (Å²) >= 11 is 0. The summed E-state index contributed by atoms with van der Waals surface area (Å²) in [7, 11) is 3.08. The highest BCUT2D eigenvalue weighted by molar-refractivity contribution is 5.94. The van der Waals surface area contributed by atoms with E-state index in [2.05, 4.69) is 4.98 Å². The van der Waals surface area contributed by atoms with Crippen molar-refractivity contribution in [2.75, 3.05) is 13.2 Å². The van der Waals surface area contributed by atoms with Gasteiger partial charge in [-0.3, -0.25) is 18.7 Å². The quantitative estimate of drug-likeness (QED) is 0.425. The van der Waals surface area contributed by atoms with Gasteiger partial charge in [-0.25, -0.2) is 9.78 Å². The molecule has 0 saturated carbocycles. The number of rotatable bonds is 8. The molecule has 3 rings (SSSR count). The molecule has 3 aromatic rings. The van der Waals surface area contributed by atoms with Crippen LogP contribution in [0.15, 0.2) is 33.9 Å². The van der Waals surface area contributed by atoms with Gasteiger partial charge in [0.25, 0.3) is 5.56 Å². The Morgan fingerprint density at radius 3 is 2.38 bits per heavy atom. The molecule has 29 heavy (non-hydrogen) atoms. The Kier molecular flexibility index (Phi) is 6.12. The summed E-state index contributed by atoms with van der Waals surface area (Å²) in [4.78, 5) is 41.3. The molecule has 0 saturated heterocycles. The molecule has 0 fully saturated rings. The summed E-state index contributed by atoms with van der Waals surface area (Å²) in [6.45, 7) is 5.11. The van der Waals surface area contributed by atoms with Crippen LogP contribution in [0.1, 0.15) is 42.0 Å². The van der Waals surface area contributed by atoms with Gasteiger partial charge >= 0.3 is 5.69 Å². The zero-order valence-corrected chi connectivity index (χ0v) is 17.3. The van der Waals surface area contributed by atoms with E-state index in [4.69, 9.17) is 4.74 Å². The molecule has 8 nitrogen and oxygen atoms in total. The van der Waals surface area contributed by atoms with E-state index in [0.717, 1.165) is 16.6 Å². The number of hydrogen-bond donors (Lipinski definition) is 0. The van der Waals surface area contributed by atoms with Crippen molar-refractivity contribution in [3.05, 3.63) is 62.1 Å². The largest absolute Gasteiger partial charge is 0.381 e. The summed E-state index contributed by atoms with van der Waals surface area (Å²) in [5.41, 5.74) is 1.53. The molecule has 2 heterocycles. The van der Waals surface area contributed by atoms with Gasteiger partial charge in [0, 0.05) is 39.2 Å². The van der Waals surface area contributed by atoms with E-state index in [1.54, 1.807) is 19.2 Å². The summed E-state index contributed by atoms with van der Waals surface area (Å²) in [5, 5.41) is 0. The molecule has 0 amide bonds. The fourth-order valence-corrected chi connectivity index (χ4v) is 3.29. The Hall–Kier alpha value is -3.00. The first-order chi connectivity index (χ1) is 13.8. The number of aromatic nitrogens is 4. The van der Waals surface area contributed by atoms with Gasteiger partial charge in [0.2, 0.25) is 0 Å². The number of carbonyl (C=O) groups is 1. The molecule has 8 heteroatoms. The van der Waals surface area contributed by atoms with E-state index >= 15 is 0 Å². The number of Topliss-reactive ketones (excluding diaryl/α,β-unsaturated/α-hetero) is 1. The maximum atomic E-state index is 12.9. The summed E-state index contributed by atoms with van der Waals surface area (Å²) in [6.07, 6.45) is 1.45. The van der Waals surface area contributed by atoms with Gasteiger partial charge in [-0.15, -0.1) is 0 Å². The lowest BCUT2D eigenvalue weighted by Crippen LogP contribution is -2.37.